The Bertz CT molecular complexity index is 712. The van der Waals surface area contributed by atoms with Crippen molar-refractivity contribution < 1.29 is 8.42 Å². The van der Waals surface area contributed by atoms with Crippen LogP contribution >= 0.6 is 0 Å². The molecule has 0 atom stereocenters. The van der Waals surface area contributed by atoms with Crippen LogP contribution in [0.4, 0.5) is 11.4 Å². The third-order valence-corrected chi connectivity index (χ3v) is 4.43. The zero-order valence-corrected chi connectivity index (χ0v) is 12.6. The largest absolute Gasteiger partial charge is 0.399 e. The molecule has 0 saturated carbocycles. The van der Waals surface area contributed by atoms with E-state index >= 15 is 0 Å². The van der Waals surface area contributed by atoms with Gasteiger partial charge in [-0.25, -0.2) is 8.42 Å². The average Bonchev–Trinajstić information content (AvgIpc) is 2.33. The molecule has 3 N–H and O–H groups in total. The van der Waals surface area contributed by atoms with E-state index in [1.807, 2.05) is 39.0 Å². The highest BCUT2D eigenvalue weighted by molar-refractivity contribution is 7.92. The number of nitrogens with two attached hydrogens (primary N) is 1. The zero-order valence-electron chi connectivity index (χ0n) is 11.8. The predicted molar refractivity (Wildman–Crippen MR) is 82.3 cm³/mol. The van der Waals surface area contributed by atoms with Gasteiger partial charge < -0.3 is 5.73 Å². The third kappa shape index (κ3) is 2.93. The van der Waals surface area contributed by atoms with Crippen molar-refractivity contribution >= 4 is 21.4 Å². The van der Waals surface area contributed by atoms with Crippen molar-refractivity contribution in [2.24, 2.45) is 0 Å². The molecule has 0 fully saturated rings. The summed E-state index contributed by atoms with van der Waals surface area (Å²) in [6.45, 7) is 5.55. The summed E-state index contributed by atoms with van der Waals surface area (Å²) in [5.41, 5.74) is 9.35. The molecule has 2 rings (SSSR count). The Balaban J connectivity index is 2.46. The van der Waals surface area contributed by atoms with Crippen LogP contribution in [0.1, 0.15) is 16.7 Å². The van der Waals surface area contributed by atoms with Crippen LogP contribution in [0.5, 0.6) is 0 Å². The molecule has 20 heavy (non-hydrogen) atoms. The lowest BCUT2D eigenvalue weighted by molar-refractivity contribution is 0.601. The first-order valence-corrected chi connectivity index (χ1v) is 7.74. The number of nitrogens with one attached hydrogen (secondary N) is 1. The van der Waals surface area contributed by atoms with Gasteiger partial charge in [-0.2, -0.15) is 0 Å². The fourth-order valence-corrected chi connectivity index (χ4v) is 3.44. The van der Waals surface area contributed by atoms with Gasteiger partial charge in [0.1, 0.15) is 0 Å². The van der Waals surface area contributed by atoms with Gasteiger partial charge in [0.2, 0.25) is 0 Å². The summed E-state index contributed by atoms with van der Waals surface area (Å²) >= 11 is 0. The molecule has 0 aromatic heterocycles. The highest BCUT2D eigenvalue weighted by Gasteiger charge is 2.17. The summed E-state index contributed by atoms with van der Waals surface area (Å²) in [5, 5.41) is 0. The SMILES string of the molecule is Cc1cc(N)cc(S(=O)(=O)Nc2c(C)cccc2C)c1. The third-order valence-electron chi connectivity index (χ3n) is 3.10. The highest BCUT2D eigenvalue weighted by atomic mass is 32.2. The lowest BCUT2D eigenvalue weighted by Gasteiger charge is -2.14. The van der Waals surface area contributed by atoms with E-state index in [1.54, 1.807) is 12.1 Å². The smallest absolute Gasteiger partial charge is 0.261 e. The van der Waals surface area contributed by atoms with E-state index in [4.69, 9.17) is 5.73 Å². The number of hydrogen-bond acceptors (Lipinski definition) is 3. The standard InChI is InChI=1S/C15H18N2O2S/c1-10-7-13(16)9-14(8-10)20(18,19)17-15-11(2)5-4-6-12(15)3/h4-9,17H,16H2,1-3H3. The minimum atomic E-state index is -3.63. The van der Waals surface area contributed by atoms with Gasteiger partial charge in [0, 0.05) is 5.69 Å². The molecule has 106 valence electrons. The van der Waals surface area contributed by atoms with Gasteiger partial charge in [-0.15, -0.1) is 0 Å². The summed E-state index contributed by atoms with van der Waals surface area (Å²) in [5.74, 6) is 0. The van der Waals surface area contributed by atoms with Crippen molar-refractivity contribution in [3.05, 3.63) is 53.1 Å². The lowest BCUT2D eigenvalue weighted by atomic mass is 10.1. The highest BCUT2D eigenvalue weighted by Crippen LogP contribution is 2.24. The molecule has 4 nitrogen and oxygen atoms in total. The maximum atomic E-state index is 12.4. The second kappa shape index (κ2) is 5.17. The molecular weight excluding hydrogens is 272 g/mol. The van der Waals surface area contributed by atoms with Crippen molar-refractivity contribution in [3.8, 4) is 0 Å². The maximum absolute atomic E-state index is 12.4. The summed E-state index contributed by atoms with van der Waals surface area (Å²) in [6.07, 6.45) is 0. The van der Waals surface area contributed by atoms with Crippen molar-refractivity contribution in [1.29, 1.82) is 0 Å². The van der Waals surface area contributed by atoms with Gasteiger partial charge in [-0.3, -0.25) is 4.72 Å². The zero-order chi connectivity index (χ0) is 14.9. The average molecular weight is 290 g/mol. The van der Waals surface area contributed by atoms with E-state index in [-0.39, 0.29) is 4.90 Å². The van der Waals surface area contributed by atoms with Crippen LogP contribution in [0.15, 0.2) is 41.3 Å². The van der Waals surface area contributed by atoms with E-state index in [2.05, 4.69) is 4.72 Å². The normalized spacial score (nSPS) is 11.3. The number of sulfonamides is 1. The quantitative estimate of drug-likeness (QED) is 0.854. The fourth-order valence-electron chi connectivity index (χ4n) is 2.10. The molecule has 0 aliphatic rings. The number of benzene rings is 2. The van der Waals surface area contributed by atoms with E-state index in [1.165, 1.54) is 6.07 Å². The molecule has 0 amide bonds. The Hall–Kier alpha value is -2.01. The first-order valence-electron chi connectivity index (χ1n) is 6.26. The van der Waals surface area contributed by atoms with Gasteiger partial charge in [-0.1, -0.05) is 18.2 Å². The Morgan fingerprint density at radius 1 is 1.00 bits per heavy atom. The van der Waals surface area contributed by atoms with Crippen LogP contribution in [0.2, 0.25) is 0 Å². The van der Waals surface area contributed by atoms with Crippen molar-refractivity contribution in [2.45, 2.75) is 25.7 Å². The molecule has 0 aliphatic carbocycles. The number of nitrogen functional groups attached to an aromatic ring is 1. The van der Waals surface area contributed by atoms with Gasteiger partial charge in [0.15, 0.2) is 0 Å². The minimum absolute atomic E-state index is 0.178. The molecule has 2 aromatic rings. The summed E-state index contributed by atoms with van der Waals surface area (Å²) in [6, 6.07) is 10.4. The molecule has 5 heteroatoms. The Morgan fingerprint density at radius 2 is 1.60 bits per heavy atom. The van der Waals surface area contributed by atoms with Crippen molar-refractivity contribution in [1.82, 2.24) is 0 Å². The van der Waals surface area contributed by atoms with Gasteiger partial charge in [0.25, 0.3) is 10.0 Å². The summed E-state index contributed by atoms with van der Waals surface area (Å²) < 4.78 is 27.5. The van der Waals surface area contributed by atoms with Gasteiger partial charge in [-0.05, 0) is 55.7 Å². The number of aryl methyl sites for hydroxylation is 3. The molecule has 0 unspecified atom stereocenters. The molecular formula is C15H18N2O2S. The molecule has 0 bridgehead atoms. The van der Waals surface area contributed by atoms with E-state index in [0.29, 0.717) is 11.4 Å². The van der Waals surface area contributed by atoms with Crippen LogP contribution in [0, 0.1) is 20.8 Å². The van der Waals surface area contributed by atoms with Crippen LogP contribution in [-0.2, 0) is 10.0 Å². The van der Waals surface area contributed by atoms with Gasteiger partial charge >= 0.3 is 0 Å². The van der Waals surface area contributed by atoms with E-state index in [9.17, 15) is 8.42 Å². The van der Waals surface area contributed by atoms with Crippen LogP contribution in [0.25, 0.3) is 0 Å². The van der Waals surface area contributed by atoms with Gasteiger partial charge in [0.05, 0.1) is 10.6 Å². The Labute approximate surface area is 119 Å². The van der Waals surface area contributed by atoms with Crippen LogP contribution in [0.3, 0.4) is 0 Å². The van der Waals surface area contributed by atoms with E-state index in [0.717, 1.165) is 16.7 Å². The molecule has 0 radical (unpaired) electrons. The number of rotatable bonds is 3. The lowest BCUT2D eigenvalue weighted by Crippen LogP contribution is -2.15. The second-order valence-corrected chi connectivity index (χ2v) is 6.63. The number of para-hydroxylation sites is 1. The van der Waals surface area contributed by atoms with Crippen LogP contribution < -0.4 is 10.5 Å². The van der Waals surface area contributed by atoms with Crippen LogP contribution in [-0.4, -0.2) is 8.42 Å². The summed E-state index contributed by atoms with van der Waals surface area (Å²) in [7, 11) is -3.63. The Kier molecular flexibility index (Phi) is 3.72. The number of anilines is 2. The van der Waals surface area contributed by atoms with Crippen molar-refractivity contribution in [3.63, 3.8) is 0 Å². The Morgan fingerprint density at radius 3 is 2.15 bits per heavy atom. The molecule has 0 aliphatic heterocycles. The fraction of sp³-hybridized carbons (Fsp3) is 0.200. The summed E-state index contributed by atoms with van der Waals surface area (Å²) in [4.78, 5) is 0.178. The molecule has 0 saturated heterocycles. The molecule has 0 heterocycles. The topological polar surface area (TPSA) is 72.2 Å². The minimum Gasteiger partial charge on any atom is -0.399 e. The van der Waals surface area contributed by atoms with E-state index < -0.39 is 10.0 Å². The molecule has 2 aromatic carbocycles. The second-order valence-electron chi connectivity index (χ2n) is 4.95. The predicted octanol–water partition coefficient (Wildman–Crippen LogP) is 2.99. The molecule has 0 spiro atoms. The monoisotopic (exact) mass is 290 g/mol. The number of hydrogen-bond donors (Lipinski definition) is 2. The first kappa shape index (κ1) is 14.4. The van der Waals surface area contributed by atoms with Crippen molar-refractivity contribution in [2.75, 3.05) is 10.5 Å². The maximum Gasteiger partial charge on any atom is 0.261 e. The first-order chi connectivity index (χ1) is 9.29.